The van der Waals surface area contributed by atoms with Gasteiger partial charge in [-0.3, -0.25) is 4.99 Å². The largest absolute Gasteiger partial charge is 0.317 e. The summed E-state index contributed by atoms with van der Waals surface area (Å²) in [5.74, 6) is 0.627. The number of aliphatic imine (C=N–C) groups is 1. The zero-order valence-electron chi connectivity index (χ0n) is 18.4. The number of benzene rings is 3. The van der Waals surface area contributed by atoms with Gasteiger partial charge in [0.2, 0.25) is 0 Å². The topological polar surface area (TPSA) is 48.0 Å². The Balaban J connectivity index is 1.55. The van der Waals surface area contributed by atoms with Crippen molar-refractivity contribution in [3.8, 4) is 11.4 Å². The first-order chi connectivity index (χ1) is 16.8. The quantitative estimate of drug-likeness (QED) is 0.279. The summed E-state index contributed by atoms with van der Waals surface area (Å²) in [6.07, 6.45) is 12.6. The molecule has 0 radical (unpaired) electrons. The summed E-state index contributed by atoms with van der Waals surface area (Å²) >= 11 is 0. The average Bonchev–Trinajstić information content (AvgIpc) is 3.47. The molecule has 5 nitrogen and oxygen atoms in total. The minimum absolute atomic E-state index is 0.627. The fourth-order valence-electron chi connectivity index (χ4n) is 4.55. The van der Waals surface area contributed by atoms with E-state index in [4.69, 9.17) is 0 Å². The van der Waals surface area contributed by atoms with Gasteiger partial charge in [0.25, 0.3) is 0 Å². The van der Waals surface area contributed by atoms with Crippen LogP contribution in [-0.4, -0.2) is 25.3 Å². The van der Waals surface area contributed by atoms with Crippen LogP contribution in [0.25, 0.3) is 50.2 Å². The number of allylic oxidation sites excluding steroid dienone is 1. The summed E-state index contributed by atoms with van der Waals surface area (Å²) < 4.78 is 4.47. The lowest BCUT2D eigenvalue weighted by Crippen LogP contribution is -1.97. The molecule has 6 aromatic rings. The molecule has 3 aromatic carbocycles. The van der Waals surface area contributed by atoms with Gasteiger partial charge in [-0.1, -0.05) is 43.0 Å². The van der Waals surface area contributed by atoms with E-state index in [-0.39, 0.29) is 0 Å². The molecule has 0 unspecified atom stereocenters. The summed E-state index contributed by atoms with van der Waals surface area (Å²) in [5.41, 5.74) is 5.51. The molecule has 3 aromatic heterocycles. The van der Waals surface area contributed by atoms with E-state index in [0.29, 0.717) is 5.82 Å². The minimum Gasteiger partial charge on any atom is -0.317 e. The molecule has 5 heteroatoms. The summed E-state index contributed by atoms with van der Waals surface area (Å²) in [4.78, 5) is 13.0. The lowest BCUT2D eigenvalue weighted by atomic mass is 10.1. The van der Waals surface area contributed by atoms with Crippen molar-refractivity contribution in [3.63, 3.8) is 0 Å². The molecular formula is C29H21N5. The first kappa shape index (κ1) is 19.9. The smallest absolute Gasteiger partial charge is 0.151 e. The molecule has 162 valence electrons. The molecule has 0 atom stereocenters. The molecule has 3 heterocycles. The standard InChI is InChI=1S/C29H21N5/c1-2-30-17-8-13-28-31-19-22(20-32-28)34-26-12-7-6-11-23(26)29-24-16-18-33(21-9-4-3-5-10-21)25(24)14-15-27(29)34/h2-20H,1H2/b13-8+,30-17?. The fraction of sp³-hybridized carbons (Fsp3) is 0. The second-order valence-corrected chi connectivity index (χ2v) is 7.91. The molecule has 0 saturated carbocycles. The van der Waals surface area contributed by atoms with Crippen LogP contribution in [0.5, 0.6) is 0 Å². The molecule has 6 rings (SSSR count). The zero-order chi connectivity index (χ0) is 22.9. The molecule has 0 aliphatic rings. The van der Waals surface area contributed by atoms with Crippen molar-refractivity contribution >= 4 is 45.0 Å². The minimum atomic E-state index is 0.627. The molecule has 0 spiro atoms. The summed E-state index contributed by atoms with van der Waals surface area (Å²) in [6.45, 7) is 3.56. The van der Waals surface area contributed by atoms with E-state index < -0.39 is 0 Å². The Morgan fingerprint density at radius 2 is 1.47 bits per heavy atom. The van der Waals surface area contributed by atoms with Crippen molar-refractivity contribution < 1.29 is 0 Å². The number of hydrogen-bond donors (Lipinski definition) is 0. The Morgan fingerprint density at radius 1 is 0.735 bits per heavy atom. The van der Waals surface area contributed by atoms with E-state index in [1.165, 1.54) is 27.9 Å². The SMILES string of the molecule is C=CN=C/C=C/c1ncc(-n2c3ccccc3c3c4ccn(-c5ccccc5)c4ccc32)cn1. The van der Waals surface area contributed by atoms with Gasteiger partial charge in [-0.05, 0) is 48.6 Å². The van der Waals surface area contributed by atoms with Gasteiger partial charge in [-0.15, -0.1) is 0 Å². The molecule has 0 fully saturated rings. The third-order valence-corrected chi connectivity index (χ3v) is 5.98. The zero-order valence-corrected chi connectivity index (χ0v) is 18.4. The Kier molecular flexibility index (Phi) is 4.85. The van der Waals surface area contributed by atoms with Crippen LogP contribution in [0, 0.1) is 0 Å². The summed E-state index contributed by atoms with van der Waals surface area (Å²) in [5, 5.41) is 3.66. The third kappa shape index (κ3) is 3.22. The number of fused-ring (bicyclic) bond motifs is 5. The molecule has 34 heavy (non-hydrogen) atoms. The van der Waals surface area contributed by atoms with Gasteiger partial charge in [-0.2, -0.15) is 0 Å². The van der Waals surface area contributed by atoms with E-state index in [1.54, 1.807) is 12.3 Å². The maximum absolute atomic E-state index is 4.54. The van der Waals surface area contributed by atoms with Crippen molar-refractivity contribution in [2.45, 2.75) is 0 Å². The normalized spacial score (nSPS) is 12.0. The van der Waals surface area contributed by atoms with E-state index in [2.05, 4.69) is 104 Å². The second-order valence-electron chi connectivity index (χ2n) is 7.91. The molecule has 0 saturated heterocycles. The predicted molar refractivity (Wildman–Crippen MR) is 141 cm³/mol. The van der Waals surface area contributed by atoms with Gasteiger partial charge < -0.3 is 9.13 Å². The Morgan fingerprint density at radius 3 is 2.29 bits per heavy atom. The lowest BCUT2D eigenvalue weighted by molar-refractivity contribution is 1.06. The third-order valence-electron chi connectivity index (χ3n) is 5.98. The number of hydrogen-bond acceptors (Lipinski definition) is 3. The van der Waals surface area contributed by atoms with Gasteiger partial charge in [0.1, 0.15) is 0 Å². The highest BCUT2D eigenvalue weighted by Gasteiger charge is 2.16. The van der Waals surface area contributed by atoms with Gasteiger partial charge in [0.15, 0.2) is 5.82 Å². The predicted octanol–water partition coefficient (Wildman–Crippen LogP) is 6.75. The number of para-hydroxylation sites is 2. The van der Waals surface area contributed by atoms with Gasteiger partial charge in [-0.25, -0.2) is 9.97 Å². The second kappa shape index (κ2) is 8.30. The van der Waals surface area contributed by atoms with E-state index in [9.17, 15) is 0 Å². The number of rotatable bonds is 5. The first-order valence-electron chi connectivity index (χ1n) is 11.1. The van der Waals surface area contributed by atoms with Crippen LogP contribution in [-0.2, 0) is 0 Å². The first-order valence-corrected chi connectivity index (χ1v) is 11.1. The highest BCUT2D eigenvalue weighted by molar-refractivity contribution is 6.21. The van der Waals surface area contributed by atoms with Gasteiger partial charge in [0, 0.05) is 40.5 Å². The van der Waals surface area contributed by atoms with Gasteiger partial charge in [0.05, 0.1) is 34.6 Å². The lowest BCUT2D eigenvalue weighted by Gasteiger charge is -2.08. The number of nitrogens with zero attached hydrogens (tertiary/aromatic N) is 5. The van der Waals surface area contributed by atoms with Crippen LogP contribution in [0.15, 0.2) is 115 Å². The highest BCUT2D eigenvalue weighted by atomic mass is 15.0. The molecular weight excluding hydrogens is 418 g/mol. The van der Waals surface area contributed by atoms with Crippen molar-refractivity contribution in [2.24, 2.45) is 4.99 Å². The monoisotopic (exact) mass is 439 g/mol. The van der Waals surface area contributed by atoms with E-state index in [1.807, 2.05) is 24.5 Å². The van der Waals surface area contributed by atoms with Crippen LogP contribution >= 0.6 is 0 Å². The Hall–Kier alpha value is -4.77. The van der Waals surface area contributed by atoms with Crippen molar-refractivity contribution in [3.05, 3.63) is 116 Å². The molecule has 0 N–H and O–H groups in total. The van der Waals surface area contributed by atoms with Crippen molar-refractivity contribution in [1.82, 2.24) is 19.1 Å². The van der Waals surface area contributed by atoms with E-state index >= 15 is 0 Å². The van der Waals surface area contributed by atoms with Crippen LogP contribution in [0.4, 0.5) is 0 Å². The van der Waals surface area contributed by atoms with E-state index in [0.717, 1.165) is 22.4 Å². The summed E-state index contributed by atoms with van der Waals surface area (Å²) in [7, 11) is 0. The fourth-order valence-corrected chi connectivity index (χ4v) is 4.55. The molecule has 0 bridgehead atoms. The van der Waals surface area contributed by atoms with Gasteiger partial charge >= 0.3 is 0 Å². The Bertz CT molecular complexity index is 1700. The summed E-state index contributed by atoms with van der Waals surface area (Å²) in [6, 6.07) is 25.5. The van der Waals surface area contributed by atoms with Crippen LogP contribution in [0.3, 0.4) is 0 Å². The maximum Gasteiger partial charge on any atom is 0.151 e. The molecule has 0 aliphatic carbocycles. The van der Waals surface area contributed by atoms with Crippen LogP contribution in [0.2, 0.25) is 0 Å². The van der Waals surface area contributed by atoms with Crippen molar-refractivity contribution in [1.29, 1.82) is 0 Å². The maximum atomic E-state index is 4.54. The van der Waals surface area contributed by atoms with Crippen molar-refractivity contribution in [2.75, 3.05) is 0 Å². The molecule has 0 amide bonds. The molecule has 0 aliphatic heterocycles. The van der Waals surface area contributed by atoms with Crippen LogP contribution < -0.4 is 0 Å². The highest BCUT2D eigenvalue weighted by Crippen LogP contribution is 2.37. The number of aromatic nitrogens is 4. The Labute approximate surface area is 196 Å². The average molecular weight is 440 g/mol. The van der Waals surface area contributed by atoms with Crippen LogP contribution in [0.1, 0.15) is 5.82 Å².